The van der Waals surface area contributed by atoms with Crippen molar-refractivity contribution in [2.45, 2.75) is 25.4 Å². The van der Waals surface area contributed by atoms with Crippen LogP contribution in [0.15, 0.2) is 67.0 Å². The van der Waals surface area contributed by atoms with Crippen LogP contribution in [0.5, 0.6) is 0 Å². The van der Waals surface area contributed by atoms with Crippen molar-refractivity contribution < 1.29 is 9.50 Å². The molecule has 5 nitrogen and oxygen atoms in total. The smallest absolute Gasteiger partial charge is 0.137 e. The Morgan fingerprint density at radius 1 is 1.03 bits per heavy atom. The monoisotopic (exact) mass is 430 g/mol. The van der Waals surface area contributed by atoms with Crippen molar-refractivity contribution in [2.75, 3.05) is 19.8 Å². The Hall–Kier alpha value is -3.06. The predicted octanol–water partition coefficient (Wildman–Crippen LogP) is 4.54. The van der Waals surface area contributed by atoms with Gasteiger partial charge in [-0.1, -0.05) is 36.4 Å². The molecular weight excluding hydrogens is 403 g/mol. The summed E-state index contributed by atoms with van der Waals surface area (Å²) in [7, 11) is 0. The van der Waals surface area contributed by atoms with Crippen LogP contribution >= 0.6 is 0 Å². The number of nitrogens with one attached hydrogen (secondary N) is 2. The molecule has 1 fully saturated rings. The molecule has 0 amide bonds. The minimum absolute atomic E-state index is 0.0548. The zero-order valence-electron chi connectivity index (χ0n) is 17.9. The second-order valence-electron chi connectivity index (χ2n) is 8.44. The summed E-state index contributed by atoms with van der Waals surface area (Å²) < 4.78 is 13.7. The standard InChI is InChI=1S/C26H27FN4O/c27-22-3-1-2-20(12-22)25-15-29-26-24(25)13-21(14-28-26)19-6-4-18(5-7-19)16-31-10-8-23(9-11-31)30-17-32/h1-7,12-15,23,30,32H,8-11,16-17H2,(H,28,29). The number of halogens is 1. The Bertz CT molecular complexity index is 1200. The molecule has 1 aliphatic rings. The molecule has 2 aromatic carbocycles. The lowest BCUT2D eigenvalue weighted by molar-refractivity contribution is 0.163. The number of rotatable bonds is 6. The first-order valence-corrected chi connectivity index (χ1v) is 11.1. The van der Waals surface area contributed by atoms with E-state index in [9.17, 15) is 4.39 Å². The lowest BCUT2D eigenvalue weighted by Crippen LogP contribution is -2.42. The first-order chi connectivity index (χ1) is 15.7. The second-order valence-corrected chi connectivity index (χ2v) is 8.44. The first-order valence-electron chi connectivity index (χ1n) is 11.1. The fourth-order valence-electron chi connectivity index (χ4n) is 4.54. The summed E-state index contributed by atoms with van der Waals surface area (Å²) in [6, 6.07) is 17.8. The Kier molecular flexibility index (Phi) is 5.99. The third-order valence-electron chi connectivity index (χ3n) is 6.33. The number of fused-ring (bicyclic) bond motifs is 1. The van der Waals surface area contributed by atoms with Gasteiger partial charge in [0.2, 0.25) is 0 Å². The third-order valence-corrected chi connectivity index (χ3v) is 6.33. The van der Waals surface area contributed by atoms with Crippen LogP contribution in [0.2, 0.25) is 0 Å². The van der Waals surface area contributed by atoms with Crippen LogP contribution in [0.1, 0.15) is 18.4 Å². The summed E-state index contributed by atoms with van der Waals surface area (Å²) in [6.45, 7) is 3.07. The Morgan fingerprint density at radius 2 is 1.84 bits per heavy atom. The van der Waals surface area contributed by atoms with E-state index in [4.69, 9.17) is 5.11 Å². The highest BCUT2D eigenvalue weighted by Crippen LogP contribution is 2.31. The van der Waals surface area contributed by atoms with Gasteiger partial charge in [-0.05, 0) is 60.8 Å². The number of hydrogen-bond donors (Lipinski definition) is 3. The maximum absolute atomic E-state index is 13.7. The van der Waals surface area contributed by atoms with Gasteiger partial charge in [0.1, 0.15) is 11.5 Å². The maximum Gasteiger partial charge on any atom is 0.137 e. The first kappa shape index (κ1) is 20.8. The number of piperidine rings is 1. The minimum atomic E-state index is -0.245. The van der Waals surface area contributed by atoms with E-state index >= 15 is 0 Å². The van der Waals surface area contributed by atoms with E-state index in [1.54, 1.807) is 12.1 Å². The molecule has 3 N–H and O–H groups in total. The van der Waals surface area contributed by atoms with Gasteiger partial charge < -0.3 is 10.1 Å². The van der Waals surface area contributed by atoms with Crippen LogP contribution in [0.25, 0.3) is 33.3 Å². The number of aromatic nitrogens is 2. The van der Waals surface area contributed by atoms with Crippen molar-refractivity contribution in [2.24, 2.45) is 0 Å². The molecule has 3 heterocycles. The maximum atomic E-state index is 13.7. The Morgan fingerprint density at radius 3 is 2.59 bits per heavy atom. The van der Waals surface area contributed by atoms with Gasteiger partial charge in [0.15, 0.2) is 0 Å². The summed E-state index contributed by atoms with van der Waals surface area (Å²) in [6.07, 6.45) is 5.89. The predicted molar refractivity (Wildman–Crippen MR) is 125 cm³/mol. The van der Waals surface area contributed by atoms with Crippen LogP contribution in [-0.2, 0) is 6.54 Å². The molecule has 2 aromatic heterocycles. The number of H-pyrrole nitrogens is 1. The van der Waals surface area contributed by atoms with Gasteiger partial charge in [-0.2, -0.15) is 0 Å². The van der Waals surface area contributed by atoms with Gasteiger partial charge >= 0.3 is 0 Å². The van der Waals surface area contributed by atoms with E-state index in [2.05, 4.69) is 50.5 Å². The molecule has 0 radical (unpaired) electrons. The van der Waals surface area contributed by atoms with Gasteiger partial charge in [0.25, 0.3) is 0 Å². The highest BCUT2D eigenvalue weighted by molar-refractivity contribution is 5.95. The largest absolute Gasteiger partial charge is 0.381 e. The minimum Gasteiger partial charge on any atom is -0.381 e. The summed E-state index contributed by atoms with van der Waals surface area (Å²) in [5, 5.41) is 13.1. The van der Waals surface area contributed by atoms with Crippen LogP contribution in [0.4, 0.5) is 4.39 Å². The molecule has 0 atom stereocenters. The van der Waals surface area contributed by atoms with Crippen molar-refractivity contribution >= 4 is 11.0 Å². The third kappa shape index (κ3) is 4.43. The highest BCUT2D eigenvalue weighted by atomic mass is 19.1. The molecule has 0 saturated carbocycles. The summed E-state index contributed by atoms with van der Waals surface area (Å²) in [4.78, 5) is 10.2. The average molecular weight is 431 g/mol. The number of nitrogens with zero attached hydrogens (tertiary/aromatic N) is 2. The van der Waals surface area contributed by atoms with Crippen molar-refractivity contribution in [3.63, 3.8) is 0 Å². The zero-order chi connectivity index (χ0) is 21.9. The SMILES string of the molecule is OCNC1CCN(Cc2ccc(-c3cnc4[nH]cc(-c5cccc(F)c5)c4c3)cc2)CC1. The Balaban J connectivity index is 1.33. The van der Waals surface area contributed by atoms with E-state index in [0.717, 1.165) is 65.8 Å². The molecule has 5 rings (SSSR count). The summed E-state index contributed by atoms with van der Waals surface area (Å²) in [5.41, 5.74) is 6.02. The molecule has 1 aliphatic heterocycles. The summed E-state index contributed by atoms with van der Waals surface area (Å²) in [5.74, 6) is -0.245. The van der Waals surface area contributed by atoms with Crippen molar-refractivity contribution in [3.8, 4) is 22.3 Å². The van der Waals surface area contributed by atoms with Gasteiger partial charge in [-0.15, -0.1) is 0 Å². The lowest BCUT2D eigenvalue weighted by Gasteiger charge is -2.32. The van der Waals surface area contributed by atoms with Gasteiger partial charge in [-0.25, -0.2) is 9.37 Å². The molecule has 32 heavy (non-hydrogen) atoms. The second kappa shape index (κ2) is 9.20. The van der Waals surface area contributed by atoms with Crippen LogP contribution in [0.3, 0.4) is 0 Å². The molecule has 0 aliphatic carbocycles. The zero-order valence-corrected chi connectivity index (χ0v) is 17.9. The quantitative estimate of drug-likeness (QED) is 0.393. The number of likely N-dealkylation sites (tertiary alicyclic amines) is 1. The molecule has 0 spiro atoms. The van der Waals surface area contributed by atoms with E-state index in [0.29, 0.717) is 6.04 Å². The number of hydrogen-bond acceptors (Lipinski definition) is 4. The molecule has 164 valence electrons. The van der Waals surface area contributed by atoms with E-state index in [1.165, 1.54) is 11.6 Å². The molecular formula is C26H27FN4O. The topological polar surface area (TPSA) is 64.2 Å². The highest BCUT2D eigenvalue weighted by Gasteiger charge is 2.18. The molecule has 0 unspecified atom stereocenters. The molecule has 0 bridgehead atoms. The fraction of sp³-hybridized carbons (Fsp3) is 0.269. The number of pyridine rings is 1. The molecule has 6 heteroatoms. The van der Waals surface area contributed by atoms with E-state index < -0.39 is 0 Å². The van der Waals surface area contributed by atoms with Crippen molar-refractivity contribution in [3.05, 3.63) is 78.4 Å². The van der Waals surface area contributed by atoms with Gasteiger partial charge in [0.05, 0.1) is 6.73 Å². The van der Waals surface area contributed by atoms with Gasteiger partial charge in [-0.3, -0.25) is 10.2 Å². The van der Waals surface area contributed by atoms with Crippen molar-refractivity contribution in [1.29, 1.82) is 0 Å². The number of benzene rings is 2. The van der Waals surface area contributed by atoms with Crippen LogP contribution < -0.4 is 5.32 Å². The lowest BCUT2D eigenvalue weighted by atomic mass is 10.0. The number of aromatic amines is 1. The van der Waals surface area contributed by atoms with Crippen LogP contribution in [0, 0.1) is 5.82 Å². The number of aliphatic hydroxyl groups is 1. The summed E-state index contributed by atoms with van der Waals surface area (Å²) >= 11 is 0. The molecule has 4 aromatic rings. The number of aliphatic hydroxyl groups excluding tert-OH is 1. The van der Waals surface area contributed by atoms with Crippen LogP contribution in [-0.4, -0.2) is 45.8 Å². The van der Waals surface area contributed by atoms with E-state index in [-0.39, 0.29) is 12.5 Å². The van der Waals surface area contributed by atoms with E-state index in [1.807, 2.05) is 18.5 Å². The molecule has 1 saturated heterocycles. The normalized spacial score (nSPS) is 15.4. The van der Waals surface area contributed by atoms with Gasteiger partial charge in [0, 0.05) is 41.5 Å². The Labute approximate surface area is 186 Å². The average Bonchev–Trinajstić information content (AvgIpc) is 3.24. The van der Waals surface area contributed by atoms with Crippen molar-refractivity contribution in [1.82, 2.24) is 20.2 Å². The fourth-order valence-corrected chi connectivity index (χ4v) is 4.54.